The lowest BCUT2D eigenvalue weighted by molar-refractivity contribution is -0.137. The molecule has 0 aliphatic heterocycles. The molecule has 4 aromatic rings. The van der Waals surface area contributed by atoms with Crippen LogP contribution in [0.5, 0.6) is 0 Å². The molecule has 11 heteroatoms. The van der Waals surface area contributed by atoms with Crippen molar-refractivity contribution in [3.8, 4) is 0 Å². The van der Waals surface area contributed by atoms with Crippen molar-refractivity contribution in [2.75, 3.05) is 5.01 Å². The van der Waals surface area contributed by atoms with Gasteiger partial charge in [0.15, 0.2) is 6.10 Å². The Morgan fingerprint density at radius 3 is 2.24 bits per heavy atom. The maximum atomic E-state index is 13.2. The van der Waals surface area contributed by atoms with Gasteiger partial charge in [0.1, 0.15) is 0 Å². The Morgan fingerprint density at radius 2 is 1.63 bits per heavy atom. The molecule has 2 unspecified atom stereocenters. The number of nitrogens with zero attached hydrogens (tertiary/aromatic N) is 2. The number of rotatable bonds is 7. The number of aromatic nitrogens is 1. The number of halogens is 3. The Morgan fingerprint density at radius 1 is 1.00 bits per heavy atom. The van der Waals surface area contributed by atoms with Gasteiger partial charge in [-0.05, 0) is 59.5 Å². The number of aliphatic hydroxyl groups is 1. The third-order valence-electron chi connectivity index (χ3n) is 6.12. The molecule has 38 heavy (non-hydrogen) atoms. The van der Waals surface area contributed by atoms with Crippen molar-refractivity contribution in [3.63, 3.8) is 0 Å². The van der Waals surface area contributed by atoms with Crippen molar-refractivity contribution in [3.05, 3.63) is 94.5 Å². The van der Waals surface area contributed by atoms with Gasteiger partial charge in [-0.2, -0.15) is 13.2 Å². The molecule has 1 heterocycles. The van der Waals surface area contributed by atoms with Gasteiger partial charge in [0.25, 0.3) is 11.8 Å². The zero-order chi connectivity index (χ0) is 27.6. The number of nitrogens with one attached hydrogen (secondary N) is 1. The summed E-state index contributed by atoms with van der Waals surface area (Å²) in [5.74, 6) is 4.69. The van der Waals surface area contributed by atoms with E-state index in [1.165, 1.54) is 11.3 Å². The number of alkyl halides is 3. The summed E-state index contributed by atoms with van der Waals surface area (Å²) in [6.45, 7) is 4.01. The van der Waals surface area contributed by atoms with Crippen LogP contribution in [-0.2, 0) is 11.0 Å². The summed E-state index contributed by atoms with van der Waals surface area (Å²) in [5.41, 5.74) is 3.06. The quantitative estimate of drug-likeness (QED) is 0.170. The van der Waals surface area contributed by atoms with E-state index in [0.29, 0.717) is 5.52 Å². The van der Waals surface area contributed by atoms with Crippen molar-refractivity contribution in [1.29, 1.82) is 0 Å². The van der Waals surface area contributed by atoms with E-state index in [1.807, 2.05) is 13.8 Å². The highest BCUT2D eigenvalue weighted by molar-refractivity contribution is 7.16. The minimum absolute atomic E-state index is 0.0947. The second-order valence-electron chi connectivity index (χ2n) is 9.01. The van der Waals surface area contributed by atoms with E-state index < -0.39 is 35.7 Å². The van der Waals surface area contributed by atoms with Crippen LogP contribution in [0.2, 0.25) is 0 Å². The number of thiazole rings is 1. The lowest BCUT2D eigenvalue weighted by Gasteiger charge is -2.27. The number of aliphatic hydroxyl groups excluding tert-OH is 1. The number of amides is 2. The zero-order valence-electron chi connectivity index (χ0n) is 20.4. The maximum Gasteiger partial charge on any atom is 0.416 e. The second kappa shape index (κ2) is 10.9. The van der Waals surface area contributed by atoms with Crippen LogP contribution in [0, 0.1) is 0 Å². The Hall–Kier alpha value is -3.80. The first-order valence-electron chi connectivity index (χ1n) is 11.6. The summed E-state index contributed by atoms with van der Waals surface area (Å²) in [7, 11) is 0. The molecular weight excluding hydrogens is 517 g/mol. The van der Waals surface area contributed by atoms with E-state index >= 15 is 0 Å². The van der Waals surface area contributed by atoms with Gasteiger partial charge in [0.05, 0.1) is 33.0 Å². The lowest BCUT2D eigenvalue weighted by atomic mass is 9.97. The molecule has 4 N–H and O–H groups in total. The maximum absolute atomic E-state index is 13.2. The highest BCUT2D eigenvalue weighted by Gasteiger charge is 2.34. The smallest absolute Gasteiger partial charge is 0.381 e. The van der Waals surface area contributed by atoms with Gasteiger partial charge in [-0.25, -0.2) is 15.8 Å². The summed E-state index contributed by atoms with van der Waals surface area (Å²) in [6.07, 6.45) is -6.49. The van der Waals surface area contributed by atoms with Gasteiger partial charge in [0.2, 0.25) is 0 Å². The second-order valence-corrected chi connectivity index (χ2v) is 9.89. The first kappa shape index (κ1) is 27.2. The number of carbonyl (C=O) groups excluding carboxylic acids is 2. The van der Waals surface area contributed by atoms with Crippen LogP contribution in [0.15, 0.2) is 72.2 Å². The molecule has 0 saturated heterocycles. The van der Waals surface area contributed by atoms with E-state index in [4.69, 9.17) is 5.84 Å². The molecule has 3 aromatic carbocycles. The first-order chi connectivity index (χ1) is 18.0. The molecule has 7 nitrogen and oxygen atoms in total. The van der Waals surface area contributed by atoms with E-state index in [-0.39, 0.29) is 22.7 Å². The van der Waals surface area contributed by atoms with Gasteiger partial charge in [-0.1, -0.05) is 38.1 Å². The number of nitrogens with two attached hydrogens (primary N) is 1. The van der Waals surface area contributed by atoms with Crippen LogP contribution in [0.4, 0.5) is 18.9 Å². The van der Waals surface area contributed by atoms with Crippen molar-refractivity contribution < 1.29 is 27.9 Å². The van der Waals surface area contributed by atoms with E-state index in [9.17, 15) is 27.9 Å². The van der Waals surface area contributed by atoms with Gasteiger partial charge >= 0.3 is 6.18 Å². The SMILES string of the molecule is CC(C)c1ccc(C(=O)NC(c2ccc(C(F)(F)F)cc2)C(O)C(=O)N(N)c2ccc3ncsc3c2)cc1. The molecule has 4 rings (SSSR count). The van der Waals surface area contributed by atoms with Crippen LogP contribution in [0.3, 0.4) is 0 Å². The van der Waals surface area contributed by atoms with Crippen LogP contribution >= 0.6 is 11.3 Å². The topological polar surface area (TPSA) is 109 Å². The molecule has 0 aliphatic rings. The fraction of sp³-hybridized carbons (Fsp3) is 0.222. The van der Waals surface area contributed by atoms with Crippen molar-refractivity contribution in [2.24, 2.45) is 5.84 Å². The molecule has 198 valence electrons. The number of hydrazine groups is 1. The molecule has 0 radical (unpaired) electrons. The van der Waals surface area contributed by atoms with Crippen LogP contribution in [0.25, 0.3) is 10.2 Å². The molecule has 0 spiro atoms. The molecule has 1 aromatic heterocycles. The van der Waals surface area contributed by atoms with E-state index in [2.05, 4.69) is 10.3 Å². The third kappa shape index (κ3) is 5.85. The zero-order valence-corrected chi connectivity index (χ0v) is 21.3. The summed E-state index contributed by atoms with van der Waals surface area (Å²) < 4.78 is 40.1. The van der Waals surface area contributed by atoms with Crippen LogP contribution < -0.4 is 16.2 Å². The van der Waals surface area contributed by atoms with Gasteiger partial charge in [-0.3, -0.25) is 9.59 Å². The Balaban J connectivity index is 1.63. The summed E-state index contributed by atoms with van der Waals surface area (Å²) in [6, 6.07) is 14.1. The minimum atomic E-state index is -4.58. The minimum Gasteiger partial charge on any atom is -0.381 e. The Bertz CT molecular complexity index is 1440. The highest BCUT2D eigenvalue weighted by Crippen LogP contribution is 2.31. The molecule has 0 saturated carbocycles. The Labute approximate surface area is 220 Å². The van der Waals surface area contributed by atoms with E-state index in [1.54, 1.807) is 48.0 Å². The van der Waals surface area contributed by atoms with Crippen molar-refractivity contribution in [1.82, 2.24) is 10.3 Å². The van der Waals surface area contributed by atoms with Crippen LogP contribution in [0.1, 0.15) is 52.9 Å². The van der Waals surface area contributed by atoms with E-state index in [0.717, 1.165) is 39.5 Å². The Kier molecular flexibility index (Phi) is 7.81. The molecule has 2 atom stereocenters. The van der Waals surface area contributed by atoms with Gasteiger partial charge in [-0.15, -0.1) is 11.3 Å². The molecular formula is C27H25F3N4O3S. The normalized spacial score (nSPS) is 13.4. The monoisotopic (exact) mass is 542 g/mol. The average molecular weight is 543 g/mol. The number of hydrogen-bond acceptors (Lipinski definition) is 6. The molecule has 0 bridgehead atoms. The average Bonchev–Trinajstić information content (AvgIpc) is 3.38. The highest BCUT2D eigenvalue weighted by atomic mass is 32.1. The standard InChI is InChI=1S/C27H25F3N4O3S/c1-15(2)16-3-5-18(6-4-16)25(36)33-23(17-7-9-19(10-8-17)27(28,29)30)24(35)26(37)34(31)20-11-12-21-22(13-20)38-14-32-21/h3-15,23-24,35H,31H2,1-2H3,(H,33,36). The number of carbonyl (C=O) groups is 2. The molecule has 2 amide bonds. The molecule has 0 fully saturated rings. The predicted octanol–water partition coefficient (Wildman–Crippen LogP) is 5.18. The first-order valence-corrected chi connectivity index (χ1v) is 12.5. The number of fused-ring (bicyclic) bond motifs is 1. The summed E-state index contributed by atoms with van der Waals surface area (Å²) >= 11 is 1.34. The number of hydrogen-bond donors (Lipinski definition) is 3. The fourth-order valence-corrected chi connectivity index (χ4v) is 4.58. The van der Waals surface area contributed by atoms with Gasteiger partial charge in [0, 0.05) is 5.56 Å². The molecule has 0 aliphatic carbocycles. The van der Waals surface area contributed by atoms with Crippen LogP contribution in [-0.4, -0.2) is 28.0 Å². The fourth-order valence-electron chi connectivity index (χ4n) is 3.87. The largest absolute Gasteiger partial charge is 0.416 e. The number of benzene rings is 3. The lowest BCUT2D eigenvalue weighted by Crippen LogP contribution is -2.50. The predicted molar refractivity (Wildman–Crippen MR) is 139 cm³/mol. The van der Waals surface area contributed by atoms with Crippen molar-refractivity contribution in [2.45, 2.75) is 38.1 Å². The van der Waals surface area contributed by atoms with Gasteiger partial charge < -0.3 is 10.4 Å². The van der Waals surface area contributed by atoms with Crippen molar-refractivity contribution >= 4 is 39.1 Å². The summed E-state index contributed by atoms with van der Waals surface area (Å²) in [5, 5.41) is 14.4. The number of anilines is 1. The third-order valence-corrected chi connectivity index (χ3v) is 6.91. The summed E-state index contributed by atoms with van der Waals surface area (Å²) in [4.78, 5) is 30.4.